The molecule has 116 valence electrons. The second kappa shape index (κ2) is 5.18. The molecule has 2 heterocycles. The molecule has 0 saturated heterocycles. The van der Waals surface area contributed by atoms with Crippen LogP contribution in [-0.2, 0) is 0 Å². The Labute approximate surface area is 143 Å². The molecule has 0 aliphatic heterocycles. The van der Waals surface area contributed by atoms with Crippen LogP contribution in [0, 0.1) is 6.92 Å². The molecule has 0 spiro atoms. The van der Waals surface area contributed by atoms with Crippen LogP contribution in [0.4, 0.5) is 0 Å². The van der Waals surface area contributed by atoms with Crippen LogP contribution in [0.3, 0.4) is 0 Å². The Morgan fingerprint density at radius 3 is 2.46 bits per heavy atom. The fourth-order valence-corrected chi connectivity index (χ4v) is 4.34. The Bertz CT molecular complexity index is 1200. The minimum absolute atomic E-state index is 0.925. The van der Waals surface area contributed by atoms with Crippen LogP contribution in [0.15, 0.2) is 85.6 Å². The summed E-state index contributed by atoms with van der Waals surface area (Å²) in [5.41, 5.74) is 1.85. The molecule has 0 bridgehead atoms. The van der Waals surface area contributed by atoms with Crippen LogP contribution in [0.1, 0.15) is 5.76 Å². The third-order valence-electron chi connectivity index (χ3n) is 4.37. The Balaban J connectivity index is 1.93. The van der Waals surface area contributed by atoms with Crippen molar-refractivity contribution in [1.29, 1.82) is 0 Å². The van der Waals surface area contributed by atoms with Gasteiger partial charge in [-0.25, -0.2) is 0 Å². The Hall–Kier alpha value is -2.65. The van der Waals surface area contributed by atoms with Crippen molar-refractivity contribution < 1.29 is 8.83 Å². The number of hydrogen-bond acceptors (Lipinski definition) is 3. The summed E-state index contributed by atoms with van der Waals surface area (Å²) in [4.78, 5) is 2.36. The lowest BCUT2D eigenvalue weighted by Gasteiger charge is -2.08. The first-order chi connectivity index (χ1) is 11.8. The van der Waals surface area contributed by atoms with E-state index in [0.717, 1.165) is 27.2 Å². The van der Waals surface area contributed by atoms with E-state index in [2.05, 4.69) is 42.5 Å². The molecule has 0 unspecified atom stereocenters. The van der Waals surface area contributed by atoms with Gasteiger partial charge in [0.25, 0.3) is 0 Å². The van der Waals surface area contributed by atoms with E-state index >= 15 is 0 Å². The summed E-state index contributed by atoms with van der Waals surface area (Å²) in [7, 11) is 0. The van der Waals surface area contributed by atoms with Gasteiger partial charge in [-0.05, 0) is 35.9 Å². The van der Waals surface area contributed by atoms with E-state index in [1.165, 1.54) is 21.1 Å². The lowest BCUT2D eigenvalue weighted by molar-refractivity contribution is 0.527. The van der Waals surface area contributed by atoms with E-state index in [0.29, 0.717) is 0 Å². The largest absolute Gasteiger partial charge is 0.468 e. The minimum atomic E-state index is 0.925. The summed E-state index contributed by atoms with van der Waals surface area (Å²) in [6, 6.07) is 20.8. The molecular formula is C21H14O2S. The smallest absolute Gasteiger partial charge is 0.137 e. The van der Waals surface area contributed by atoms with Crippen molar-refractivity contribution in [3.63, 3.8) is 0 Å². The molecule has 0 fully saturated rings. The zero-order chi connectivity index (χ0) is 16.1. The van der Waals surface area contributed by atoms with Crippen molar-refractivity contribution in [1.82, 2.24) is 0 Å². The highest BCUT2D eigenvalue weighted by Crippen LogP contribution is 2.44. The number of benzene rings is 3. The summed E-state index contributed by atoms with van der Waals surface area (Å²) in [6.07, 6.45) is 1.74. The van der Waals surface area contributed by atoms with E-state index in [4.69, 9.17) is 8.83 Å². The van der Waals surface area contributed by atoms with E-state index in [-0.39, 0.29) is 0 Å². The molecule has 0 aliphatic carbocycles. The van der Waals surface area contributed by atoms with Gasteiger partial charge in [-0.1, -0.05) is 54.2 Å². The number of furan rings is 2. The summed E-state index contributed by atoms with van der Waals surface area (Å²) in [5, 5.41) is 4.76. The molecule has 2 aromatic heterocycles. The van der Waals surface area contributed by atoms with Crippen molar-refractivity contribution in [3.05, 3.63) is 72.7 Å². The normalized spacial score (nSPS) is 11.7. The van der Waals surface area contributed by atoms with Crippen molar-refractivity contribution in [2.75, 3.05) is 0 Å². The fourth-order valence-electron chi connectivity index (χ4n) is 3.20. The molecule has 0 atom stereocenters. The van der Waals surface area contributed by atoms with Crippen LogP contribution >= 0.6 is 11.8 Å². The zero-order valence-corrected chi connectivity index (χ0v) is 13.9. The molecule has 3 aromatic carbocycles. The quantitative estimate of drug-likeness (QED) is 0.356. The number of aryl methyl sites for hydroxylation is 1. The third-order valence-corrected chi connectivity index (χ3v) is 5.64. The summed E-state index contributed by atoms with van der Waals surface area (Å²) in [5.74, 6) is 0.939. The average molecular weight is 330 g/mol. The lowest BCUT2D eigenvalue weighted by Crippen LogP contribution is -1.81. The maximum absolute atomic E-state index is 6.11. The van der Waals surface area contributed by atoms with Gasteiger partial charge >= 0.3 is 0 Å². The van der Waals surface area contributed by atoms with E-state index in [9.17, 15) is 0 Å². The summed E-state index contributed by atoms with van der Waals surface area (Å²) in [6.45, 7) is 2.00. The highest BCUT2D eigenvalue weighted by atomic mass is 32.2. The molecule has 0 amide bonds. The van der Waals surface area contributed by atoms with Gasteiger partial charge in [0.2, 0.25) is 0 Å². The van der Waals surface area contributed by atoms with Crippen molar-refractivity contribution in [3.8, 4) is 0 Å². The first kappa shape index (κ1) is 13.8. The Kier molecular flexibility index (Phi) is 2.97. The third kappa shape index (κ3) is 1.98. The molecule has 0 radical (unpaired) electrons. The second-order valence-corrected chi connectivity index (χ2v) is 6.89. The first-order valence-corrected chi connectivity index (χ1v) is 8.68. The highest BCUT2D eigenvalue weighted by Gasteiger charge is 2.16. The van der Waals surface area contributed by atoms with Gasteiger partial charge in [-0.3, -0.25) is 0 Å². The number of para-hydroxylation sites is 1. The van der Waals surface area contributed by atoms with Gasteiger partial charge < -0.3 is 8.83 Å². The van der Waals surface area contributed by atoms with Crippen molar-refractivity contribution >= 4 is 44.5 Å². The van der Waals surface area contributed by atoms with E-state index in [1.807, 2.05) is 25.1 Å². The van der Waals surface area contributed by atoms with Crippen LogP contribution in [0.25, 0.3) is 32.7 Å². The first-order valence-electron chi connectivity index (χ1n) is 7.86. The van der Waals surface area contributed by atoms with Gasteiger partial charge in [0.15, 0.2) is 0 Å². The van der Waals surface area contributed by atoms with Crippen LogP contribution in [-0.4, -0.2) is 0 Å². The monoisotopic (exact) mass is 330 g/mol. The molecule has 24 heavy (non-hydrogen) atoms. The molecule has 0 N–H and O–H groups in total. The molecule has 5 aromatic rings. The average Bonchev–Trinajstić information content (AvgIpc) is 3.17. The Morgan fingerprint density at radius 2 is 1.62 bits per heavy atom. The van der Waals surface area contributed by atoms with E-state index < -0.39 is 0 Å². The number of fused-ring (bicyclic) bond motifs is 4. The Morgan fingerprint density at radius 1 is 0.833 bits per heavy atom. The van der Waals surface area contributed by atoms with Crippen molar-refractivity contribution in [2.24, 2.45) is 0 Å². The summed E-state index contributed by atoms with van der Waals surface area (Å²) < 4.78 is 11.6. The minimum Gasteiger partial charge on any atom is -0.468 e. The maximum atomic E-state index is 6.11. The number of hydrogen-bond donors (Lipinski definition) is 0. The van der Waals surface area contributed by atoms with Gasteiger partial charge in [0, 0.05) is 15.7 Å². The summed E-state index contributed by atoms with van der Waals surface area (Å²) >= 11 is 1.75. The maximum Gasteiger partial charge on any atom is 0.137 e. The molecule has 2 nitrogen and oxygen atoms in total. The van der Waals surface area contributed by atoms with Crippen molar-refractivity contribution in [2.45, 2.75) is 16.7 Å². The molecular weight excluding hydrogens is 316 g/mol. The molecule has 0 aliphatic rings. The van der Waals surface area contributed by atoms with Crippen LogP contribution in [0.2, 0.25) is 0 Å². The SMILES string of the molecule is Cc1occc1Sc1c2ccccc2cc2oc3ccccc3c12. The molecule has 5 rings (SSSR count). The van der Waals surface area contributed by atoms with Gasteiger partial charge in [-0.2, -0.15) is 0 Å². The van der Waals surface area contributed by atoms with Gasteiger partial charge in [0.05, 0.1) is 11.2 Å². The topological polar surface area (TPSA) is 26.3 Å². The molecule has 3 heteroatoms. The van der Waals surface area contributed by atoms with E-state index in [1.54, 1.807) is 18.0 Å². The molecule has 0 saturated carbocycles. The van der Waals surface area contributed by atoms with Crippen LogP contribution in [0.5, 0.6) is 0 Å². The fraction of sp³-hybridized carbons (Fsp3) is 0.0476. The van der Waals surface area contributed by atoms with Gasteiger partial charge in [0.1, 0.15) is 16.9 Å². The standard InChI is InChI=1S/C21H14O2S/c1-13-19(10-11-22-13)24-21-15-7-3-2-6-14(15)12-18-20(21)16-8-4-5-9-17(16)23-18/h2-12H,1H3. The zero-order valence-electron chi connectivity index (χ0n) is 13.1. The highest BCUT2D eigenvalue weighted by molar-refractivity contribution is 7.99. The second-order valence-electron chi connectivity index (χ2n) is 5.84. The lowest BCUT2D eigenvalue weighted by atomic mass is 10.1. The number of rotatable bonds is 2. The predicted molar refractivity (Wildman–Crippen MR) is 98.8 cm³/mol. The van der Waals surface area contributed by atoms with Gasteiger partial charge in [-0.15, -0.1) is 0 Å². The predicted octanol–water partition coefficient (Wildman–Crippen LogP) is 6.79. The van der Waals surface area contributed by atoms with Crippen LogP contribution < -0.4 is 0 Å².